The topological polar surface area (TPSA) is 70.1 Å². The first kappa shape index (κ1) is 14.7. The quantitative estimate of drug-likeness (QED) is 0.587. The Kier molecular flexibility index (Phi) is 7.10. The summed E-state index contributed by atoms with van der Waals surface area (Å²) in [5.41, 5.74) is 0. The van der Waals surface area contributed by atoms with Crippen molar-refractivity contribution in [1.82, 2.24) is 9.97 Å². The lowest BCUT2D eigenvalue weighted by Gasteiger charge is -2.09. The van der Waals surface area contributed by atoms with Crippen LogP contribution < -0.4 is 10.6 Å². The highest BCUT2D eigenvalue weighted by Gasteiger charge is 2.00. The predicted molar refractivity (Wildman–Crippen MR) is 74.8 cm³/mol. The number of nitrogens with one attached hydrogen (secondary N) is 2. The maximum Gasteiger partial charge on any atom is 0.146 e. The van der Waals surface area contributed by atoms with E-state index in [1.165, 1.54) is 0 Å². The molecule has 0 amide bonds. The zero-order valence-electron chi connectivity index (χ0n) is 11.3. The summed E-state index contributed by atoms with van der Waals surface area (Å²) in [6.45, 7) is 6.19. The van der Waals surface area contributed by atoms with Crippen LogP contribution in [0, 0.1) is 5.92 Å². The van der Waals surface area contributed by atoms with Gasteiger partial charge in [0.25, 0.3) is 0 Å². The molecule has 0 spiro atoms. The van der Waals surface area contributed by atoms with Gasteiger partial charge in [-0.05, 0) is 25.2 Å². The van der Waals surface area contributed by atoms with E-state index in [9.17, 15) is 0 Å². The second kappa shape index (κ2) is 8.69. The molecular weight excluding hydrogens is 228 g/mol. The minimum absolute atomic E-state index is 0.260. The summed E-state index contributed by atoms with van der Waals surface area (Å²) >= 11 is 0. The monoisotopic (exact) mass is 252 g/mol. The minimum Gasteiger partial charge on any atom is -0.396 e. The summed E-state index contributed by atoms with van der Waals surface area (Å²) in [6.07, 6.45) is 6.57. The molecule has 5 nitrogen and oxygen atoms in total. The van der Waals surface area contributed by atoms with Crippen molar-refractivity contribution in [1.29, 1.82) is 0 Å². The molecule has 0 aliphatic rings. The van der Waals surface area contributed by atoms with E-state index in [1.807, 2.05) is 0 Å². The first-order chi connectivity index (χ1) is 8.76. The number of aromatic nitrogens is 2. The van der Waals surface area contributed by atoms with Crippen LogP contribution in [0.15, 0.2) is 12.4 Å². The summed E-state index contributed by atoms with van der Waals surface area (Å²) in [6, 6.07) is 0. The largest absolute Gasteiger partial charge is 0.396 e. The van der Waals surface area contributed by atoms with Crippen LogP contribution >= 0.6 is 0 Å². The van der Waals surface area contributed by atoms with Gasteiger partial charge in [0.15, 0.2) is 0 Å². The number of anilines is 2. The highest BCUT2D eigenvalue weighted by atomic mass is 16.3. The second-order valence-corrected chi connectivity index (χ2v) is 4.57. The molecule has 0 aliphatic heterocycles. The Hall–Kier alpha value is -1.36. The summed E-state index contributed by atoms with van der Waals surface area (Å²) in [7, 11) is 0. The van der Waals surface area contributed by atoms with Gasteiger partial charge in [-0.25, -0.2) is 4.98 Å². The Bertz CT molecular complexity index is 333. The van der Waals surface area contributed by atoms with Gasteiger partial charge in [0, 0.05) is 19.7 Å². The number of hydrogen-bond acceptors (Lipinski definition) is 5. The average Bonchev–Trinajstić information content (AvgIpc) is 2.41. The Morgan fingerprint density at radius 1 is 1.22 bits per heavy atom. The molecule has 0 aromatic carbocycles. The SMILES string of the molecule is CCCNc1cncc(NCCCC(C)CO)n1. The van der Waals surface area contributed by atoms with E-state index in [1.54, 1.807) is 12.4 Å². The van der Waals surface area contributed by atoms with Crippen molar-refractivity contribution in [2.45, 2.75) is 33.1 Å². The van der Waals surface area contributed by atoms with E-state index < -0.39 is 0 Å². The molecule has 102 valence electrons. The molecule has 1 unspecified atom stereocenters. The van der Waals surface area contributed by atoms with Crippen LogP contribution in [-0.2, 0) is 0 Å². The molecule has 1 atom stereocenters. The van der Waals surface area contributed by atoms with Crippen molar-refractivity contribution in [3.63, 3.8) is 0 Å². The second-order valence-electron chi connectivity index (χ2n) is 4.57. The molecule has 1 heterocycles. The van der Waals surface area contributed by atoms with Crippen LogP contribution in [0.3, 0.4) is 0 Å². The third kappa shape index (κ3) is 5.82. The van der Waals surface area contributed by atoms with Crippen molar-refractivity contribution >= 4 is 11.6 Å². The lowest BCUT2D eigenvalue weighted by Crippen LogP contribution is -2.09. The van der Waals surface area contributed by atoms with Gasteiger partial charge in [0.2, 0.25) is 0 Å². The highest BCUT2D eigenvalue weighted by molar-refractivity contribution is 5.41. The molecule has 18 heavy (non-hydrogen) atoms. The van der Waals surface area contributed by atoms with E-state index in [0.29, 0.717) is 5.92 Å². The van der Waals surface area contributed by atoms with Crippen molar-refractivity contribution in [3.8, 4) is 0 Å². The van der Waals surface area contributed by atoms with E-state index in [0.717, 1.165) is 44.0 Å². The van der Waals surface area contributed by atoms with Crippen molar-refractivity contribution in [2.75, 3.05) is 30.3 Å². The summed E-state index contributed by atoms with van der Waals surface area (Å²) in [5, 5.41) is 15.4. The standard InChI is InChI=1S/C13H24N4O/c1-3-6-15-12-8-14-9-13(17-12)16-7-4-5-11(2)10-18/h8-9,11,18H,3-7,10H2,1-2H3,(H2,15,16,17). The maximum atomic E-state index is 8.92. The normalized spacial score (nSPS) is 12.2. The van der Waals surface area contributed by atoms with Crippen molar-refractivity contribution < 1.29 is 5.11 Å². The van der Waals surface area contributed by atoms with Crippen LogP contribution in [0.25, 0.3) is 0 Å². The molecular formula is C13H24N4O. The summed E-state index contributed by atoms with van der Waals surface area (Å²) in [4.78, 5) is 8.55. The average molecular weight is 252 g/mol. The molecule has 5 heteroatoms. The molecule has 0 bridgehead atoms. The van der Waals surface area contributed by atoms with Gasteiger partial charge >= 0.3 is 0 Å². The predicted octanol–water partition coefficient (Wildman–Crippen LogP) is 2.12. The summed E-state index contributed by atoms with van der Waals surface area (Å²) < 4.78 is 0. The van der Waals surface area contributed by atoms with Crippen LogP contribution in [-0.4, -0.2) is 34.8 Å². The van der Waals surface area contributed by atoms with Gasteiger partial charge in [-0.1, -0.05) is 13.8 Å². The molecule has 0 fully saturated rings. The molecule has 0 saturated heterocycles. The minimum atomic E-state index is 0.260. The van der Waals surface area contributed by atoms with E-state index in [-0.39, 0.29) is 6.61 Å². The van der Waals surface area contributed by atoms with Crippen LogP contribution in [0.1, 0.15) is 33.1 Å². The van der Waals surface area contributed by atoms with E-state index >= 15 is 0 Å². The number of nitrogens with zero attached hydrogens (tertiary/aromatic N) is 2. The smallest absolute Gasteiger partial charge is 0.146 e. The lowest BCUT2D eigenvalue weighted by molar-refractivity contribution is 0.229. The Morgan fingerprint density at radius 3 is 2.50 bits per heavy atom. The van der Waals surface area contributed by atoms with Crippen LogP contribution in [0.5, 0.6) is 0 Å². The fourth-order valence-corrected chi connectivity index (χ4v) is 1.55. The molecule has 1 rings (SSSR count). The van der Waals surface area contributed by atoms with Gasteiger partial charge in [-0.15, -0.1) is 0 Å². The zero-order valence-corrected chi connectivity index (χ0v) is 11.3. The number of hydrogen-bond donors (Lipinski definition) is 3. The van der Waals surface area contributed by atoms with E-state index in [2.05, 4.69) is 34.4 Å². The Labute approximate surface area is 109 Å². The third-order valence-corrected chi connectivity index (χ3v) is 2.68. The van der Waals surface area contributed by atoms with Crippen molar-refractivity contribution in [3.05, 3.63) is 12.4 Å². The van der Waals surface area contributed by atoms with E-state index in [4.69, 9.17) is 5.11 Å². The fraction of sp³-hybridized carbons (Fsp3) is 0.692. The molecule has 0 saturated carbocycles. The van der Waals surface area contributed by atoms with Gasteiger partial charge in [-0.3, -0.25) is 4.98 Å². The third-order valence-electron chi connectivity index (χ3n) is 2.68. The highest BCUT2D eigenvalue weighted by Crippen LogP contribution is 2.08. The number of rotatable bonds is 9. The lowest BCUT2D eigenvalue weighted by atomic mass is 10.1. The molecule has 1 aromatic rings. The Morgan fingerprint density at radius 2 is 1.89 bits per heavy atom. The number of aliphatic hydroxyl groups excluding tert-OH is 1. The van der Waals surface area contributed by atoms with Crippen LogP contribution in [0.4, 0.5) is 11.6 Å². The summed E-state index contributed by atoms with van der Waals surface area (Å²) in [5.74, 6) is 1.98. The first-order valence-corrected chi connectivity index (χ1v) is 6.67. The zero-order chi connectivity index (χ0) is 13.2. The molecule has 0 radical (unpaired) electrons. The van der Waals surface area contributed by atoms with Gasteiger partial charge in [0.1, 0.15) is 11.6 Å². The van der Waals surface area contributed by atoms with Gasteiger partial charge in [0.05, 0.1) is 12.4 Å². The first-order valence-electron chi connectivity index (χ1n) is 6.67. The van der Waals surface area contributed by atoms with Gasteiger partial charge < -0.3 is 15.7 Å². The molecule has 0 aliphatic carbocycles. The Balaban J connectivity index is 2.29. The number of aliphatic hydroxyl groups is 1. The van der Waals surface area contributed by atoms with Gasteiger partial charge in [-0.2, -0.15) is 0 Å². The van der Waals surface area contributed by atoms with Crippen LogP contribution in [0.2, 0.25) is 0 Å². The van der Waals surface area contributed by atoms with Crippen molar-refractivity contribution in [2.24, 2.45) is 5.92 Å². The maximum absolute atomic E-state index is 8.92. The molecule has 1 aromatic heterocycles. The fourth-order valence-electron chi connectivity index (χ4n) is 1.55. The molecule has 3 N–H and O–H groups in total.